The standard InChI is InChI=1S/C13H12ClF3O2/c14-10-6-8(5-9(7-10)13(15,16)17)12(11(18)19)3-1-2-4-12/h5-7H,1-4H2,(H,18,19). The highest BCUT2D eigenvalue weighted by Crippen LogP contribution is 2.44. The van der Waals surface area contributed by atoms with Crippen molar-refractivity contribution in [3.05, 3.63) is 34.3 Å². The minimum Gasteiger partial charge on any atom is -0.481 e. The van der Waals surface area contributed by atoms with E-state index >= 15 is 0 Å². The van der Waals surface area contributed by atoms with E-state index in [1.807, 2.05) is 0 Å². The highest BCUT2D eigenvalue weighted by molar-refractivity contribution is 6.30. The van der Waals surface area contributed by atoms with E-state index in [9.17, 15) is 23.1 Å². The summed E-state index contributed by atoms with van der Waals surface area (Å²) in [5.41, 5.74) is -1.98. The van der Waals surface area contributed by atoms with Crippen LogP contribution in [0.4, 0.5) is 13.2 Å². The number of carboxylic acids is 1. The lowest BCUT2D eigenvalue weighted by Crippen LogP contribution is -2.32. The molecule has 0 heterocycles. The topological polar surface area (TPSA) is 37.3 Å². The predicted molar refractivity (Wildman–Crippen MR) is 64.2 cm³/mol. The van der Waals surface area contributed by atoms with Gasteiger partial charge in [-0.05, 0) is 36.6 Å². The lowest BCUT2D eigenvalue weighted by Gasteiger charge is -2.25. The Labute approximate surface area is 113 Å². The van der Waals surface area contributed by atoms with Crippen molar-refractivity contribution in [3.8, 4) is 0 Å². The monoisotopic (exact) mass is 292 g/mol. The fourth-order valence-electron chi connectivity index (χ4n) is 2.63. The second kappa shape index (κ2) is 4.71. The molecular formula is C13H12ClF3O2. The third-order valence-electron chi connectivity index (χ3n) is 3.64. The van der Waals surface area contributed by atoms with Crippen LogP contribution in [0.25, 0.3) is 0 Å². The molecule has 0 radical (unpaired) electrons. The van der Waals surface area contributed by atoms with Crippen molar-refractivity contribution in [2.45, 2.75) is 37.3 Å². The Morgan fingerprint density at radius 3 is 2.26 bits per heavy atom. The molecule has 1 aromatic carbocycles. The van der Waals surface area contributed by atoms with Gasteiger partial charge in [-0.15, -0.1) is 0 Å². The van der Waals surface area contributed by atoms with E-state index in [4.69, 9.17) is 11.6 Å². The molecule has 1 saturated carbocycles. The SMILES string of the molecule is O=C(O)C1(c2cc(Cl)cc(C(F)(F)F)c2)CCCC1. The number of hydrogen-bond donors (Lipinski definition) is 1. The lowest BCUT2D eigenvalue weighted by molar-refractivity contribution is -0.144. The molecule has 0 bridgehead atoms. The number of alkyl halides is 3. The predicted octanol–water partition coefficient (Wildman–Crippen LogP) is 4.26. The van der Waals surface area contributed by atoms with E-state index in [0.717, 1.165) is 12.1 Å². The molecule has 1 aliphatic carbocycles. The van der Waals surface area contributed by atoms with E-state index in [-0.39, 0.29) is 10.6 Å². The summed E-state index contributed by atoms with van der Waals surface area (Å²) in [6.45, 7) is 0. The van der Waals surface area contributed by atoms with Gasteiger partial charge in [-0.25, -0.2) is 0 Å². The van der Waals surface area contributed by atoms with Crippen molar-refractivity contribution in [2.24, 2.45) is 0 Å². The maximum absolute atomic E-state index is 12.8. The molecule has 104 valence electrons. The molecule has 0 unspecified atom stereocenters. The van der Waals surface area contributed by atoms with E-state index in [0.29, 0.717) is 25.7 Å². The molecule has 19 heavy (non-hydrogen) atoms. The van der Waals surface area contributed by atoms with Crippen molar-refractivity contribution >= 4 is 17.6 Å². The third-order valence-corrected chi connectivity index (χ3v) is 3.86. The third kappa shape index (κ3) is 2.56. The first-order valence-electron chi connectivity index (χ1n) is 5.87. The Bertz CT molecular complexity index is 505. The second-order valence-corrected chi connectivity index (χ2v) is 5.26. The second-order valence-electron chi connectivity index (χ2n) is 4.82. The number of carboxylic acid groups (broad SMARTS) is 1. The van der Waals surface area contributed by atoms with Crippen molar-refractivity contribution < 1.29 is 23.1 Å². The van der Waals surface area contributed by atoms with Crippen molar-refractivity contribution in [1.82, 2.24) is 0 Å². The summed E-state index contributed by atoms with van der Waals surface area (Å²) in [6, 6.07) is 3.05. The molecule has 2 rings (SSSR count). The van der Waals surface area contributed by atoms with Gasteiger partial charge in [0.05, 0.1) is 11.0 Å². The molecule has 0 spiro atoms. The summed E-state index contributed by atoms with van der Waals surface area (Å²) < 4.78 is 38.3. The van der Waals surface area contributed by atoms with Crippen LogP contribution >= 0.6 is 11.6 Å². The Morgan fingerprint density at radius 2 is 1.79 bits per heavy atom. The van der Waals surface area contributed by atoms with Gasteiger partial charge in [0.25, 0.3) is 0 Å². The zero-order chi connectivity index (χ0) is 14.3. The van der Waals surface area contributed by atoms with Gasteiger partial charge < -0.3 is 5.11 Å². The van der Waals surface area contributed by atoms with Crippen LogP contribution in [-0.4, -0.2) is 11.1 Å². The fraction of sp³-hybridized carbons (Fsp3) is 0.462. The molecule has 0 aromatic heterocycles. The number of carbonyl (C=O) groups is 1. The molecule has 1 N–H and O–H groups in total. The normalized spacial score (nSPS) is 18.5. The number of rotatable bonds is 2. The van der Waals surface area contributed by atoms with E-state index in [2.05, 4.69) is 0 Å². The molecule has 0 amide bonds. The highest BCUT2D eigenvalue weighted by Gasteiger charge is 2.44. The van der Waals surface area contributed by atoms with Crippen LogP contribution in [0, 0.1) is 0 Å². The van der Waals surface area contributed by atoms with Crippen LogP contribution in [0.15, 0.2) is 18.2 Å². The van der Waals surface area contributed by atoms with Crippen molar-refractivity contribution in [2.75, 3.05) is 0 Å². The molecule has 1 aromatic rings. The Morgan fingerprint density at radius 1 is 1.21 bits per heavy atom. The Balaban J connectivity index is 2.55. The van der Waals surface area contributed by atoms with E-state index < -0.39 is 23.1 Å². The van der Waals surface area contributed by atoms with Crippen molar-refractivity contribution in [3.63, 3.8) is 0 Å². The summed E-state index contributed by atoms with van der Waals surface area (Å²) in [5, 5.41) is 9.29. The number of hydrogen-bond acceptors (Lipinski definition) is 1. The molecule has 6 heteroatoms. The zero-order valence-corrected chi connectivity index (χ0v) is 10.7. The minimum atomic E-state index is -4.53. The number of benzene rings is 1. The molecule has 0 saturated heterocycles. The van der Waals surface area contributed by atoms with Crippen LogP contribution in [0.5, 0.6) is 0 Å². The maximum Gasteiger partial charge on any atom is 0.416 e. The molecule has 0 atom stereocenters. The molecule has 1 fully saturated rings. The van der Waals surface area contributed by atoms with Gasteiger partial charge in [0.2, 0.25) is 0 Å². The quantitative estimate of drug-likeness (QED) is 0.884. The van der Waals surface area contributed by atoms with Gasteiger partial charge in [0.15, 0.2) is 0 Å². The van der Waals surface area contributed by atoms with Gasteiger partial charge in [0.1, 0.15) is 0 Å². The largest absolute Gasteiger partial charge is 0.481 e. The summed E-state index contributed by atoms with van der Waals surface area (Å²) in [5.74, 6) is -1.08. The van der Waals surface area contributed by atoms with Gasteiger partial charge in [0, 0.05) is 5.02 Å². The molecule has 2 nitrogen and oxygen atoms in total. The first kappa shape index (κ1) is 14.2. The van der Waals surface area contributed by atoms with E-state index in [1.54, 1.807) is 0 Å². The average Bonchev–Trinajstić information content (AvgIpc) is 2.77. The number of aliphatic carboxylic acids is 1. The van der Waals surface area contributed by atoms with Crippen LogP contribution in [-0.2, 0) is 16.4 Å². The summed E-state index contributed by atoms with van der Waals surface area (Å²) >= 11 is 5.71. The van der Waals surface area contributed by atoms with E-state index in [1.165, 1.54) is 6.07 Å². The van der Waals surface area contributed by atoms with Crippen LogP contribution < -0.4 is 0 Å². The van der Waals surface area contributed by atoms with Gasteiger partial charge >= 0.3 is 12.1 Å². The summed E-state index contributed by atoms with van der Waals surface area (Å²) in [4.78, 5) is 11.5. The van der Waals surface area contributed by atoms with Gasteiger partial charge in [-0.3, -0.25) is 4.79 Å². The Kier molecular flexibility index (Phi) is 3.51. The molecule has 1 aliphatic rings. The summed E-state index contributed by atoms with van der Waals surface area (Å²) in [7, 11) is 0. The van der Waals surface area contributed by atoms with Crippen LogP contribution in [0.3, 0.4) is 0 Å². The zero-order valence-electron chi connectivity index (χ0n) is 9.93. The molecule has 0 aliphatic heterocycles. The number of halogens is 4. The van der Waals surface area contributed by atoms with Crippen LogP contribution in [0.1, 0.15) is 36.8 Å². The smallest absolute Gasteiger partial charge is 0.416 e. The summed E-state index contributed by atoms with van der Waals surface area (Å²) in [6.07, 6.45) is -2.45. The van der Waals surface area contributed by atoms with Gasteiger partial charge in [-0.1, -0.05) is 24.4 Å². The Hall–Kier alpha value is -1.23. The highest BCUT2D eigenvalue weighted by atomic mass is 35.5. The lowest BCUT2D eigenvalue weighted by atomic mass is 9.78. The molecular weight excluding hydrogens is 281 g/mol. The average molecular weight is 293 g/mol. The maximum atomic E-state index is 12.8. The van der Waals surface area contributed by atoms with Crippen LogP contribution in [0.2, 0.25) is 5.02 Å². The van der Waals surface area contributed by atoms with Gasteiger partial charge in [-0.2, -0.15) is 13.2 Å². The fourth-order valence-corrected chi connectivity index (χ4v) is 2.87. The van der Waals surface area contributed by atoms with Crippen molar-refractivity contribution in [1.29, 1.82) is 0 Å². The first-order chi connectivity index (χ1) is 8.75. The first-order valence-corrected chi connectivity index (χ1v) is 6.25. The minimum absolute atomic E-state index is 0.0858.